The second-order valence-corrected chi connectivity index (χ2v) is 8.57. The van der Waals surface area contributed by atoms with Gasteiger partial charge in [-0.3, -0.25) is 5.10 Å². The third-order valence-corrected chi connectivity index (χ3v) is 6.23. The average Bonchev–Trinajstić information content (AvgIpc) is 3.38. The lowest BCUT2D eigenvalue weighted by Crippen LogP contribution is -2.28. The van der Waals surface area contributed by atoms with Gasteiger partial charge in [-0.1, -0.05) is 36.4 Å². The Bertz CT molecular complexity index is 1220. The fourth-order valence-electron chi connectivity index (χ4n) is 4.64. The smallest absolute Gasteiger partial charge is 0.123 e. The maximum atomic E-state index is 13.6. The fourth-order valence-corrected chi connectivity index (χ4v) is 4.64. The Morgan fingerprint density at radius 1 is 1.03 bits per heavy atom. The van der Waals surface area contributed by atoms with Gasteiger partial charge in [-0.2, -0.15) is 5.10 Å². The van der Waals surface area contributed by atoms with Gasteiger partial charge < -0.3 is 9.64 Å². The lowest BCUT2D eigenvalue weighted by molar-refractivity contribution is -0.0140. The van der Waals surface area contributed by atoms with Crippen LogP contribution in [0.5, 0.6) is 0 Å². The summed E-state index contributed by atoms with van der Waals surface area (Å²) in [5.41, 5.74) is 6.18. The highest BCUT2D eigenvalue weighted by molar-refractivity contribution is 5.84. The van der Waals surface area contributed by atoms with Crippen LogP contribution in [0.4, 0.5) is 4.39 Å². The van der Waals surface area contributed by atoms with Crippen LogP contribution < -0.4 is 0 Å². The lowest BCUT2D eigenvalue weighted by Gasteiger charge is -2.31. The molecule has 0 spiro atoms. The topological polar surface area (TPSA) is 41.1 Å². The Morgan fingerprint density at radius 3 is 2.61 bits per heavy atom. The van der Waals surface area contributed by atoms with Crippen molar-refractivity contribution in [2.75, 3.05) is 20.6 Å². The molecule has 0 bridgehead atoms. The number of rotatable bonds is 6. The van der Waals surface area contributed by atoms with E-state index in [2.05, 4.69) is 65.6 Å². The normalized spacial score (nSPS) is 18.1. The van der Waals surface area contributed by atoms with Gasteiger partial charge in [-0.05, 0) is 85.6 Å². The molecule has 1 N–H and O–H groups in total. The van der Waals surface area contributed by atoms with Crippen LogP contribution >= 0.6 is 0 Å². The third-order valence-electron chi connectivity index (χ3n) is 6.23. The number of ether oxygens (including phenoxy) is 1. The first-order valence-electron chi connectivity index (χ1n) is 10.7. The molecule has 2 heterocycles. The summed E-state index contributed by atoms with van der Waals surface area (Å²) in [7, 11) is 4.16. The van der Waals surface area contributed by atoms with Gasteiger partial charge in [-0.15, -0.1) is 0 Å². The largest absolute Gasteiger partial charge is 0.361 e. The summed E-state index contributed by atoms with van der Waals surface area (Å²) in [6.07, 6.45) is 3.67. The zero-order valence-corrected chi connectivity index (χ0v) is 17.9. The van der Waals surface area contributed by atoms with Gasteiger partial charge in [0.25, 0.3) is 0 Å². The number of halogens is 1. The van der Waals surface area contributed by atoms with E-state index < -0.39 is 5.60 Å². The number of fused-ring (bicyclic) bond motifs is 2. The molecule has 1 aromatic heterocycles. The van der Waals surface area contributed by atoms with E-state index in [0.717, 1.165) is 47.0 Å². The van der Waals surface area contributed by atoms with Crippen LogP contribution in [0.3, 0.4) is 0 Å². The number of H-pyrrole nitrogens is 1. The van der Waals surface area contributed by atoms with Crippen molar-refractivity contribution in [3.05, 3.63) is 89.4 Å². The zero-order chi connectivity index (χ0) is 21.4. The van der Waals surface area contributed by atoms with Crippen molar-refractivity contribution in [2.24, 2.45) is 0 Å². The quantitative estimate of drug-likeness (QED) is 0.453. The first kappa shape index (κ1) is 19.9. The van der Waals surface area contributed by atoms with Crippen molar-refractivity contribution in [3.63, 3.8) is 0 Å². The summed E-state index contributed by atoms with van der Waals surface area (Å²) < 4.78 is 20.1. The molecule has 5 rings (SSSR count). The zero-order valence-electron chi connectivity index (χ0n) is 17.9. The molecule has 1 aliphatic rings. The molecule has 31 heavy (non-hydrogen) atoms. The van der Waals surface area contributed by atoms with E-state index >= 15 is 0 Å². The van der Waals surface area contributed by atoms with E-state index in [1.165, 1.54) is 23.3 Å². The number of hydrogen-bond donors (Lipinski definition) is 1. The van der Waals surface area contributed by atoms with Crippen LogP contribution in [0.1, 0.15) is 29.5 Å². The van der Waals surface area contributed by atoms with E-state index in [-0.39, 0.29) is 5.82 Å². The first-order valence-corrected chi connectivity index (χ1v) is 10.7. The summed E-state index contributed by atoms with van der Waals surface area (Å²) in [6.45, 7) is 1.53. The SMILES string of the molecule is CN(C)CCCC1(c2ccc(F)cc2)OCc2cc(-c3ccc4cn[nH]c4c3)ccc21. The summed E-state index contributed by atoms with van der Waals surface area (Å²) in [5.74, 6) is -0.227. The molecular formula is C26H26FN3O. The van der Waals surface area contributed by atoms with Crippen LogP contribution in [0.25, 0.3) is 22.0 Å². The van der Waals surface area contributed by atoms with Crippen LogP contribution in [0.15, 0.2) is 66.9 Å². The van der Waals surface area contributed by atoms with Gasteiger partial charge in [0.2, 0.25) is 0 Å². The van der Waals surface area contributed by atoms with Crippen LogP contribution in [0.2, 0.25) is 0 Å². The molecule has 0 saturated heterocycles. The van der Waals surface area contributed by atoms with Gasteiger partial charge in [0, 0.05) is 5.39 Å². The van der Waals surface area contributed by atoms with Gasteiger partial charge in [0.15, 0.2) is 0 Å². The molecule has 1 unspecified atom stereocenters. The molecular weight excluding hydrogens is 389 g/mol. The predicted octanol–water partition coefficient (Wildman–Crippen LogP) is 5.48. The Kier molecular flexibility index (Phi) is 5.08. The second-order valence-electron chi connectivity index (χ2n) is 8.57. The highest BCUT2D eigenvalue weighted by Gasteiger charge is 2.41. The summed E-state index contributed by atoms with van der Waals surface area (Å²) in [5, 5.41) is 8.26. The molecule has 0 amide bonds. The molecule has 158 valence electrons. The van der Waals surface area contributed by atoms with Crippen molar-refractivity contribution in [3.8, 4) is 11.1 Å². The van der Waals surface area contributed by atoms with Crippen molar-refractivity contribution in [2.45, 2.75) is 25.0 Å². The Labute approximate surface area is 181 Å². The molecule has 4 nitrogen and oxygen atoms in total. The maximum Gasteiger partial charge on any atom is 0.123 e. The number of nitrogens with one attached hydrogen (secondary N) is 1. The van der Waals surface area contributed by atoms with Crippen LogP contribution in [-0.4, -0.2) is 35.7 Å². The summed E-state index contributed by atoms with van der Waals surface area (Å²) in [6, 6.07) is 19.7. The van der Waals surface area contributed by atoms with Gasteiger partial charge in [0.05, 0.1) is 18.3 Å². The van der Waals surface area contributed by atoms with E-state index in [0.29, 0.717) is 6.61 Å². The predicted molar refractivity (Wildman–Crippen MR) is 121 cm³/mol. The van der Waals surface area contributed by atoms with Crippen molar-refractivity contribution in [1.82, 2.24) is 15.1 Å². The fraction of sp³-hybridized carbons (Fsp3) is 0.269. The minimum Gasteiger partial charge on any atom is -0.361 e. The molecule has 1 atom stereocenters. The molecule has 3 aromatic carbocycles. The van der Waals surface area contributed by atoms with Gasteiger partial charge in [-0.25, -0.2) is 4.39 Å². The number of benzene rings is 3. The number of hydrogen-bond acceptors (Lipinski definition) is 3. The van der Waals surface area contributed by atoms with Crippen molar-refractivity contribution in [1.29, 1.82) is 0 Å². The summed E-state index contributed by atoms with van der Waals surface area (Å²) in [4.78, 5) is 2.18. The number of aromatic amines is 1. The van der Waals surface area contributed by atoms with E-state index in [1.807, 2.05) is 18.3 Å². The Hall–Kier alpha value is -3.02. The number of aromatic nitrogens is 2. The van der Waals surface area contributed by atoms with E-state index in [4.69, 9.17) is 4.74 Å². The molecule has 0 aliphatic carbocycles. The minimum absolute atomic E-state index is 0.227. The van der Waals surface area contributed by atoms with Crippen LogP contribution in [-0.2, 0) is 16.9 Å². The second kappa shape index (κ2) is 7.91. The lowest BCUT2D eigenvalue weighted by atomic mass is 9.81. The molecule has 0 fully saturated rings. The van der Waals surface area contributed by atoms with Crippen LogP contribution in [0, 0.1) is 5.82 Å². The highest BCUT2D eigenvalue weighted by atomic mass is 19.1. The molecule has 0 radical (unpaired) electrons. The van der Waals surface area contributed by atoms with Gasteiger partial charge in [0.1, 0.15) is 11.4 Å². The molecule has 4 aromatic rings. The first-order chi connectivity index (χ1) is 15.0. The minimum atomic E-state index is -0.537. The van der Waals surface area contributed by atoms with E-state index in [9.17, 15) is 4.39 Å². The maximum absolute atomic E-state index is 13.6. The monoisotopic (exact) mass is 415 g/mol. The van der Waals surface area contributed by atoms with Crippen molar-refractivity contribution < 1.29 is 9.13 Å². The standard InChI is InChI=1S/C26H26FN3O/c1-30(2)13-3-12-26(22-7-9-23(27)10-8-22)24-11-6-18(14-21(24)17-31-26)19-4-5-20-16-28-29-25(20)15-19/h4-11,14-16H,3,12-13,17H2,1-2H3,(H,28,29). The van der Waals surface area contributed by atoms with E-state index in [1.54, 1.807) is 0 Å². The Morgan fingerprint density at radius 2 is 1.81 bits per heavy atom. The molecule has 5 heteroatoms. The van der Waals surface area contributed by atoms with Crippen molar-refractivity contribution >= 4 is 10.9 Å². The average molecular weight is 416 g/mol. The highest BCUT2D eigenvalue weighted by Crippen LogP contribution is 2.46. The molecule has 1 aliphatic heterocycles. The van der Waals surface area contributed by atoms with Gasteiger partial charge >= 0.3 is 0 Å². The third kappa shape index (κ3) is 3.64. The Balaban J connectivity index is 1.54. The summed E-state index contributed by atoms with van der Waals surface area (Å²) >= 11 is 0. The number of nitrogens with zero attached hydrogens (tertiary/aromatic N) is 2. The molecule has 0 saturated carbocycles.